The summed E-state index contributed by atoms with van der Waals surface area (Å²) in [5, 5.41) is 10.1. The summed E-state index contributed by atoms with van der Waals surface area (Å²) in [6.07, 6.45) is 4.34. The van der Waals surface area contributed by atoms with Crippen molar-refractivity contribution in [2.45, 2.75) is 59.4 Å². The summed E-state index contributed by atoms with van der Waals surface area (Å²) >= 11 is 0. The van der Waals surface area contributed by atoms with E-state index >= 15 is 0 Å². The molecule has 0 saturated heterocycles. The Labute approximate surface area is 117 Å². The van der Waals surface area contributed by atoms with Crippen molar-refractivity contribution in [2.24, 2.45) is 5.41 Å². The molecule has 0 amide bonds. The average molecular weight is 274 g/mol. The standard InChI is InChI=1S/C15H30O4/c1-7-8-10-18-11-9-15(5,17-6)13(16)19-12-14(2,3)4/h9,11,13,16H,7-8,10,12H2,1-6H3. The van der Waals surface area contributed by atoms with Crippen molar-refractivity contribution in [3.63, 3.8) is 0 Å². The maximum Gasteiger partial charge on any atom is 0.187 e. The highest BCUT2D eigenvalue weighted by atomic mass is 16.6. The zero-order chi connectivity index (χ0) is 14.9. The minimum Gasteiger partial charge on any atom is -0.501 e. The Hall–Kier alpha value is -0.580. The number of hydrogen-bond donors (Lipinski definition) is 1. The van der Waals surface area contributed by atoms with Crippen molar-refractivity contribution in [1.29, 1.82) is 0 Å². The first-order valence-electron chi connectivity index (χ1n) is 6.89. The molecule has 0 aliphatic heterocycles. The Balaban J connectivity index is 4.32. The third kappa shape index (κ3) is 8.24. The van der Waals surface area contributed by atoms with Crippen LogP contribution in [0.4, 0.5) is 0 Å². The Kier molecular flexibility index (Phi) is 8.30. The van der Waals surface area contributed by atoms with Gasteiger partial charge in [-0.1, -0.05) is 34.1 Å². The van der Waals surface area contributed by atoms with E-state index in [4.69, 9.17) is 14.2 Å². The molecule has 0 bridgehead atoms. The second kappa shape index (κ2) is 8.56. The molecular weight excluding hydrogens is 244 g/mol. The van der Waals surface area contributed by atoms with Gasteiger partial charge in [0.15, 0.2) is 6.29 Å². The lowest BCUT2D eigenvalue weighted by Gasteiger charge is -2.31. The molecule has 2 atom stereocenters. The summed E-state index contributed by atoms with van der Waals surface area (Å²) < 4.78 is 16.1. The number of hydrogen-bond acceptors (Lipinski definition) is 4. The summed E-state index contributed by atoms with van der Waals surface area (Å²) in [4.78, 5) is 0. The second-order valence-corrected chi connectivity index (χ2v) is 6.14. The van der Waals surface area contributed by atoms with Gasteiger partial charge in [0.2, 0.25) is 0 Å². The minimum absolute atomic E-state index is 0.00300. The molecule has 4 heteroatoms. The molecular formula is C15H30O4. The molecule has 0 spiro atoms. The first-order valence-corrected chi connectivity index (χ1v) is 6.89. The van der Waals surface area contributed by atoms with E-state index in [0.29, 0.717) is 13.2 Å². The molecule has 0 aliphatic rings. The van der Waals surface area contributed by atoms with Gasteiger partial charge in [-0.3, -0.25) is 0 Å². The van der Waals surface area contributed by atoms with E-state index in [1.165, 1.54) is 0 Å². The average Bonchev–Trinajstić information content (AvgIpc) is 2.34. The lowest BCUT2D eigenvalue weighted by molar-refractivity contribution is -0.207. The maximum absolute atomic E-state index is 10.1. The van der Waals surface area contributed by atoms with Gasteiger partial charge in [0.05, 0.1) is 19.5 Å². The SMILES string of the molecule is CCCCOC=CC(C)(OC)C(O)OCC(C)(C)C. The molecule has 19 heavy (non-hydrogen) atoms. The summed E-state index contributed by atoms with van der Waals surface area (Å²) in [7, 11) is 1.54. The van der Waals surface area contributed by atoms with E-state index in [1.807, 2.05) is 20.8 Å². The zero-order valence-corrected chi connectivity index (χ0v) is 13.2. The van der Waals surface area contributed by atoms with Crippen LogP contribution >= 0.6 is 0 Å². The predicted molar refractivity (Wildman–Crippen MR) is 76.8 cm³/mol. The van der Waals surface area contributed by atoms with E-state index in [2.05, 4.69) is 6.92 Å². The fourth-order valence-corrected chi connectivity index (χ4v) is 1.22. The monoisotopic (exact) mass is 274 g/mol. The van der Waals surface area contributed by atoms with Crippen LogP contribution in [0.5, 0.6) is 0 Å². The fraction of sp³-hybridized carbons (Fsp3) is 0.867. The van der Waals surface area contributed by atoms with Gasteiger partial charge in [-0.05, 0) is 24.8 Å². The molecule has 0 heterocycles. The fourth-order valence-electron chi connectivity index (χ4n) is 1.22. The third-order valence-corrected chi connectivity index (χ3v) is 2.72. The van der Waals surface area contributed by atoms with Crippen molar-refractivity contribution in [2.75, 3.05) is 20.3 Å². The number of aliphatic hydroxyl groups excluding tert-OH is 1. The topological polar surface area (TPSA) is 47.9 Å². The van der Waals surface area contributed by atoms with Gasteiger partial charge in [-0.15, -0.1) is 0 Å². The molecule has 0 aliphatic carbocycles. The molecule has 2 unspecified atom stereocenters. The van der Waals surface area contributed by atoms with Crippen molar-refractivity contribution in [1.82, 2.24) is 0 Å². The molecule has 0 saturated carbocycles. The Morgan fingerprint density at radius 3 is 2.32 bits per heavy atom. The molecule has 0 aromatic rings. The molecule has 0 fully saturated rings. The highest BCUT2D eigenvalue weighted by Gasteiger charge is 2.32. The van der Waals surface area contributed by atoms with Gasteiger partial charge < -0.3 is 19.3 Å². The first kappa shape index (κ1) is 18.4. The molecule has 1 N–H and O–H groups in total. The number of aliphatic hydroxyl groups is 1. The number of rotatable bonds is 9. The Morgan fingerprint density at radius 2 is 1.84 bits per heavy atom. The molecule has 0 aromatic carbocycles. The lowest BCUT2D eigenvalue weighted by atomic mass is 9.98. The Bertz CT molecular complexity index is 257. The van der Waals surface area contributed by atoms with Crippen LogP contribution in [0, 0.1) is 5.41 Å². The van der Waals surface area contributed by atoms with Crippen LogP contribution < -0.4 is 0 Å². The van der Waals surface area contributed by atoms with Crippen LogP contribution in [-0.2, 0) is 14.2 Å². The number of unbranched alkanes of at least 4 members (excludes halogenated alkanes) is 1. The highest BCUT2D eigenvalue weighted by molar-refractivity contribution is 4.98. The quantitative estimate of drug-likeness (QED) is 0.399. The number of methoxy groups -OCH3 is 1. The second-order valence-electron chi connectivity index (χ2n) is 6.14. The van der Waals surface area contributed by atoms with E-state index in [0.717, 1.165) is 12.8 Å². The van der Waals surface area contributed by atoms with Gasteiger partial charge in [0.1, 0.15) is 5.60 Å². The summed E-state index contributed by atoms with van der Waals surface area (Å²) in [6.45, 7) is 11.1. The van der Waals surface area contributed by atoms with Crippen LogP contribution in [0.2, 0.25) is 0 Å². The molecule has 114 valence electrons. The largest absolute Gasteiger partial charge is 0.501 e. The lowest BCUT2D eigenvalue weighted by Crippen LogP contribution is -2.42. The minimum atomic E-state index is -1.03. The van der Waals surface area contributed by atoms with Gasteiger partial charge in [0.25, 0.3) is 0 Å². The van der Waals surface area contributed by atoms with Crippen molar-refractivity contribution in [3.8, 4) is 0 Å². The molecule has 0 radical (unpaired) electrons. The summed E-state index contributed by atoms with van der Waals surface area (Å²) in [5.41, 5.74) is -0.908. The number of ether oxygens (including phenoxy) is 3. The molecule has 0 aromatic heterocycles. The Morgan fingerprint density at radius 1 is 1.21 bits per heavy atom. The summed E-state index contributed by atoms with van der Waals surface area (Å²) in [5.74, 6) is 0. The smallest absolute Gasteiger partial charge is 0.187 e. The molecule has 4 nitrogen and oxygen atoms in total. The van der Waals surface area contributed by atoms with Crippen molar-refractivity contribution < 1.29 is 19.3 Å². The maximum atomic E-state index is 10.1. The van der Waals surface area contributed by atoms with Crippen LogP contribution in [0.3, 0.4) is 0 Å². The first-order chi connectivity index (χ1) is 8.75. The third-order valence-electron chi connectivity index (χ3n) is 2.72. The highest BCUT2D eigenvalue weighted by Crippen LogP contribution is 2.21. The van der Waals surface area contributed by atoms with Crippen molar-refractivity contribution in [3.05, 3.63) is 12.3 Å². The van der Waals surface area contributed by atoms with Gasteiger partial charge in [-0.2, -0.15) is 0 Å². The van der Waals surface area contributed by atoms with E-state index < -0.39 is 11.9 Å². The van der Waals surface area contributed by atoms with E-state index in [-0.39, 0.29) is 5.41 Å². The normalized spacial score (nSPS) is 17.4. The van der Waals surface area contributed by atoms with E-state index in [1.54, 1.807) is 26.4 Å². The van der Waals surface area contributed by atoms with Crippen LogP contribution in [-0.4, -0.2) is 37.3 Å². The van der Waals surface area contributed by atoms with Crippen LogP contribution in [0.25, 0.3) is 0 Å². The predicted octanol–water partition coefficient (Wildman–Crippen LogP) is 3.10. The van der Waals surface area contributed by atoms with Crippen molar-refractivity contribution >= 4 is 0 Å². The van der Waals surface area contributed by atoms with Crippen LogP contribution in [0.1, 0.15) is 47.5 Å². The van der Waals surface area contributed by atoms with E-state index in [9.17, 15) is 5.11 Å². The summed E-state index contributed by atoms with van der Waals surface area (Å²) in [6, 6.07) is 0. The molecule has 0 rings (SSSR count). The van der Waals surface area contributed by atoms with Gasteiger partial charge in [-0.25, -0.2) is 0 Å². The van der Waals surface area contributed by atoms with Gasteiger partial charge in [0, 0.05) is 7.11 Å². The van der Waals surface area contributed by atoms with Crippen LogP contribution in [0.15, 0.2) is 12.3 Å². The zero-order valence-electron chi connectivity index (χ0n) is 13.2. The van der Waals surface area contributed by atoms with Gasteiger partial charge >= 0.3 is 0 Å².